The first-order valence-corrected chi connectivity index (χ1v) is 8.09. The molecule has 8 nitrogen and oxygen atoms in total. The zero-order valence-corrected chi connectivity index (χ0v) is 15.1. The SMILES string of the molecule is COc1cc(/C=C(\Cl)c2nc(-c3ccccc3C)no2)cc([N+](=O)[O-])c1[O-]. The van der Waals surface area contributed by atoms with Gasteiger partial charge in [0.25, 0.3) is 11.6 Å². The van der Waals surface area contributed by atoms with E-state index in [9.17, 15) is 15.2 Å². The highest BCUT2D eigenvalue weighted by atomic mass is 35.5. The number of methoxy groups -OCH3 is 1. The minimum atomic E-state index is -0.810. The van der Waals surface area contributed by atoms with E-state index in [1.807, 2.05) is 31.2 Å². The molecule has 0 unspecified atom stereocenters. The molecule has 3 aromatic rings. The minimum absolute atomic E-state index is 0.0442. The summed E-state index contributed by atoms with van der Waals surface area (Å²) in [5, 5.41) is 26.9. The van der Waals surface area contributed by atoms with Crippen LogP contribution in [0.5, 0.6) is 11.5 Å². The highest BCUT2D eigenvalue weighted by Gasteiger charge is 2.16. The second-order valence-corrected chi connectivity index (χ2v) is 5.97. The molecule has 1 aromatic heterocycles. The first-order chi connectivity index (χ1) is 12.9. The van der Waals surface area contributed by atoms with Crippen molar-refractivity contribution in [1.29, 1.82) is 0 Å². The Labute approximate surface area is 158 Å². The molecule has 0 spiro atoms. The molecule has 0 N–H and O–H groups in total. The summed E-state index contributed by atoms with van der Waals surface area (Å²) in [6.07, 6.45) is 1.38. The van der Waals surface area contributed by atoms with E-state index in [2.05, 4.69) is 10.1 Å². The summed E-state index contributed by atoms with van der Waals surface area (Å²) in [6, 6.07) is 9.96. The van der Waals surface area contributed by atoms with Gasteiger partial charge in [-0.1, -0.05) is 41.0 Å². The third-order valence-electron chi connectivity index (χ3n) is 3.78. The molecule has 0 bridgehead atoms. The highest BCUT2D eigenvalue weighted by molar-refractivity contribution is 6.50. The van der Waals surface area contributed by atoms with Gasteiger partial charge in [-0.25, -0.2) is 0 Å². The Balaban J connectivity index is 1.98. The van der Waals surface area contributed by atoms with Gasteiger partial charge in [0.15, 0.2) is 0 Å². The van der Waals surface area contributed by atoms with Crippen LogP contribution in [-0.2, 0) is 0 Å². The van der Waals surface area contributed by atoms with Gasteiger partial charge in [0, 0.05) is 17.4 Å². The van der Waals surface area contributed by atoms with Crippen molar-refractivity contribution in [3.05, 3.63) is 63.5 Å². The van der Waals surface area contributed by atoms with Crippen molar-refractivity contribution in [2.75, 3.05) is 7.11 Å². The number of nitro groups is 1. The summed E-state index contributed by atoms with van der Waals surface area (Å²) in [7, 11) is 1.25. The van der Waals surface area contributed by atoms with Gasteiger partial charge in [0.05, 0.1) is 12.0 Å². The Morgan fingerprint density at radius 2 is 2.07 bits per heavy atom. The molecule has 27 heavy (non-hydrogen) atoms. The van der Waals surface area contributed by atoms with Crippen molar-refractivity contribution >= 4 is 28.4 Å². The van der Waals surface area contributed by atoms with Crippen LogP contribution in [0.3, 0.4) is 0 Å². The molecular formula is C18H13ClN3O5-. The average Bonchev–Trinajstić information content (AvgIpc) is 3.13. The lowest BCUT2D eigenvalue weighted by atomic mass is 10.1. The molecule has 0 radical (unpaired) electrons. The smallest absolute Gasteiger partial charge is 0.269 e. The predicted molar refractivity (Wildman–Crippen MR) is 97.3 cm³/mol. The van der Waals surface area contributed by atoms with Gasteiger partial charge in [-0.3, -0.25) is 10.1 Å². The topological polar surface area (TPSA) is 114 Å². The van der Waals surface area contributed by atoms with Gasteiger partial charge in [0.1, 0.15) is 10.8 Å². The van der Waals surface area contributed by atoms with Gasteiger partial charge in [-0.05, 0) is 30.2 Å². The molecule has 1 heterocycles. The van der Waals surface area contributed by atoms with Crippen LogP contribution in [0.2, 0.25) is 0 Å². The van der Waals surface area contributed by atoms with E-state index < -0.39 is 16.4 Å². The van der Waals surface area contributed by atoms with Crippen LogP contribution in [0.15, 0.2) is 40.9 Å². The Morgan fingerprint density at radius 3 is 2.74 bits per heavy atom. The molecule has 0 saturated heterocycles. The Bertz CT molecular complexity index is 1050. The molecule has 3 rings (SSSR count). The molecule has 0 aliphatic rings. The Kier molecular flexibility index (Phi) is 5.09. The van der Waals surface area contributed by atoms with Crippen LogP contribution in [0.4, 0.5) is 5.69 Å². The maximum atomic E-state index is 11.9. The molecule has 0 amide bonds. The summed E-state index contributed by atoms with van der Waals surface area (Å²) in [6.45, 7) is 1.92. The number of nitro benzene ring substituents is 1. The van der Waals surface area contributed by atoms with E-state index in [4.69, 9.17) is 20.9 Å². The van der Waals surface area contributed by atoms with Gasteiger partial charge in [-0.2, -0.15) is 4.98 Å². The van der Waals surface area contributed by atoms with Crippen LogP contribution >= 0.6 is 11.6 Å². The quantitative estimate of drug-likeness (QED) is 0.484. The molecule has 0 fully saturated rings. The number of hydrogen-bond acceptors (Lipinski definition) is 7. The lowest BCUT2D eigenvalue weighted by Crippen LogP contribution is -2.01. The van der Waals surface area contributed by atoms with Crippen molar-refractivity contribution in [2.45, 2.75) is 6.92 Å². The molecule has 138 valence electrons. The first kappa shape index (κ1) is 18.4. The number of ether oxygens (including phenoxy) is 1. The number of benzene rings is 2. The molecule has 0 aliphatic heterocycles. The van der Waals surface area contributed by atoms with Gasteiger partial charge >= 0.3 is 0 Å². The number of nitrogens with zero attached hydrogens (tertiary/aromatic N) is 3. The van der Waals surface area contributed by atoms with E-state index in [0.717, 1.165) is 17.2 Å². The van der Waals surface area contributed by atoms with Crippen LogP contribution in [-0.4, -0.2) is 22.2 Å². The fourth-order valence-corrected chi connectivity index (χ4v) is 2.64. The molecular weight excluding hydrogens is 374 g/mol. The summed E-state index contributed by atoms with van der Waals surface area (Å²) in [5.41, 5.74) is 1.44. The van der Waals surface area contributed by atoms with Crippen LogP contribution < -0.4 is 9.84 Å². The number of aryl methyl sites for hydroxylation is 1. The fourth-order valence-electron chi connectivity index (χ4n) is 2.44. The maximum absolute atomic E-state index is 11.9. The van der Waals surface area contributed by atoms with Gasteiger partial charge in [-0.15, -0.1) is 0 Å². The van der Waals surface area contributed by atoms with E-state index >= 15 is 0 Å². The van der Waals surface area contributed by atoms with Gasteiger partial charge in [0.2, 0.25) is 5.82 Å². The van der Waals surface area contributed by atoms with E-state index in [0.29, 0.717) is 11.4 Å². The molecule has 0 atom stereocenters. The zero-order valence-electron chi connectivity index (χ0n) is 14.3. The fraction of sp³-hybridized carbons (Fsp3) is 0.111. The molecule has 9 heteroatoms. The second kappa shape index (κ2) is 7.46. The van der Waals surface area contributed by atoms with Crippen molar-refractivity contribution in [2.24, 2.45) is 0 Å². The van der Waals surface area contributed by atoms with Gasteiger partial charge < -0.3 is 14.4 Å². The van der Waals surface area contributed by atoms with E-state index in [1.54, 1.807) is 0 Å². The van der Waals surface area contributed by atoms with Crippen LogP contribution in [0, 0.1) is 17.0 Å². The largest absolute Gasteiger partial charge is 0.865 e. The van der Waals surface area contributed by atoms with E-state index in [1.165, 1.54) is 19.3 Å². The van der Waals surface area contributed by atoms with Crippen molar-refractivity contribution in [3.8, 4) is 22.9 Å². The number of hydrogen-bond donors (Lipinski definition) is 0. The summed E-state index contributed by atoms with van der Waals surface area (Å²) in [4.78, 5) is 14.5. The second-order valence-electron chi connectivity index (χ2n) is 5.56. The molecule has 0 saturated carbocycles. The lowest BCUT2D eigenvalue weighted by molar-refractivity contribution is -0.398. The normalized spacial score (nSPS) is 11.4. The predicted octanol–water partition coefficient (Wildman–Crippen LogP) is 3.77. The lowest BCUT2D eigenvalue weighted by Gasteiger charge is -2.13. The maximum Gasteiger partial charge on any atom is 0.269 e. The average molecular weight is 387 g/mol. The number of rotatable bonds is 5. The first-order valence-electron chi connectivity index (χ1n) is 7.71. The summed E-state index contributed by atoms with van der Waals surface area (Å²) in [5.74, 6) is -0.558. The number of aromatic nitrogens is 2. The number of halogens is 1. The third kappa shape index (κ3) is 3.75. The minimum Gasteiger partial charge on any atom is -0.865 e. The summed E-state index contributed by atoms with van der Waals surface area (Å²) < 4.78 is 10.1. The zero-order chi connectivity index (χ0) is 19.6. The molecule has 2 aromatic carbocycles. The molecule has 0 aliphatic carbocycles. The van der Waals surface area contributed by atoms with Crippen molar-refractivity contribution in [1.82, 2.24) is 10.1 Å². The monoisotopic (exact) mass is 386 g/mol. The van der Waals surface area contributed by atoms with Crippen molar-refractivity contribution in [3.63, 3.8) is 0 Å². The standard InChI is InChI=1S/C18H14ClN3O5/c1-10-5-3-4-6-12(10)17-20-18(27-21-17)13(19)7-11-8-14(22(24)25)16(23)15(9-11)26-2/h3-9,23H,1-2H3/p-1/b13-7-. The third-order valence-corrected chi connectivity index (χ3v) is 4.05. The Hall–Kier alpha value is -3.39. The van der Waals surface area contributed by atoms with Crippen molar-refractivity contribution < 1.29 is 19.3 Å². The van der Waals surface area contributed by atoms with Crippen LogP contribution in [0.25, 0.3) is 22.5 Å². The summed E-state index contributed by atoms with van der Waals surface area (Å²) >= 11 is 6.22. The Morgan fingerprint density at radius 1 is 1.33 bits per heavy atom. The van der Waals surface area contributed by atoms with Crippen LogP contribution in [0.1, 0.15) is 17.0 Å². The van der Waals surface area contributed by atoms with E-state index in [-0.39, 0.29) is 16.7 Å². The highest BCUT2D eigenvalue weighted by Crippen LogP contribution is 2.36.